The standard InChI is InChI=1S/C12H18N4O/c1-12(2)8-6-16(7-9(8)12)11(17)5-13-10-3-4-14-15-10/h3-4,8-9H,5-7H2,1-2H3,(H2,13,14,15)/t8-,9+. The van der Waals surface area contributed by atoms with E-state index in [-0.39, 0.29) is 5.91 Å². The lowest BCUT2D eigenvalue weighted by Crippen LogP contribution is -2.36. The molecular weight excluding hydrogens is 216 g/mol. The minimum absolute atomic E-state index is 0.183. The van der Waals surface area contributed by atoms with Gasteiger partial charge < -0.3 is 10.2 Å². The number of amides is 1. The number of carbonyl (C=O) groups excluding carboxylic acids is 1. The zero-order chi connectivity index (χ0) is 12.0. The fourth-order valence-corrected chi connectivity index (χ4v) is 2.97. The third-order valence-electron chi connectivity index (χ3n) is 4.41. The average molecular weight is 234 g/mol. The number of hydrogen-bond donors (Lipinski definition) is 2. The molecule has 92 valence electrons. The molecule has 0 bridgehead atoms. The Morgan fingerprint density at radius 2 is 2.29 bits per heavy atom. The monoisotopic (exact) mass is 234 g/mol. The number of piperidine rings is 1. The van der Waals surface area contributed by atoms with E-state index in [1.165, 1.54) is 0 Å². The summed E-state index contributed by atoms with van der Waals surface area (Å²) in [5, 5.41) is 9.65. The third-order valence-corrected chi connectivity index (χ3v) is 4.41. The minimum atomic E-state index is 0.183. The zero-order valence-electron chi connectivity index (χ0n) is 10.2. The van der Waals surface area contributed by atoms with Crippen LogP contribution in [0.25, 0.3) is 0 Å². The molecule has 2 heterocycles. The molecule has 1 aliphatic heterocycles. The molecule has 1 aromatic heterocycles. The predicted octanol–water partition coefficient (Wildman–Crippen LogP) is 0.936. The summed E-state index contributed by atoms with van der Waals surface area (Å²) in [5.74, 6) is 2.42. The first-order chi connectivity index (χ1) is 8.09. The normalized spacial score (nSPS) is 28.9. The Labute approximate surface area is 101 Å². The van der Waals surface area contributed by atoms with Crippen LogP contribution in [0.4, 0.5) is 5.82 Å². The molecule has 2 atom stereocenters. The Balaban J connectivity index is 1.49. The Kier molecular flexibility index (Phi) is 2.18. The number of fused-ring (bicyclic) bond motifs is 1. The smallest absolute Gasteiger partial charge is 0.241 e. The Morgan fingerprint density at radius 3 is 2.88 bits per heavy atom. The van der Waals surface area contributed by atoms with Crippen LogP contribution in [-0.2, 0) is 4.79 Å². The van der Waals surface area contributed by atoms with Crippen LogP contribution in [-0.4, -0.2) is 40.6 Å². The van der Waals surface area contributed by atoms with Gasteiger partial charge in [-0.3, -0.25) is 9.89 Å². The van der Waals surface area contributed by atoms with E-state index in [4.69, 9.17) is 0 Å². The van der Waals surface area contributed by atoms with Gasteiger partial charge in [-0.05, 0) is 23.3 Å². The van der Waals surface area contributed by atoms with Crippen molar-refractivity contribution in [1.82, 2.24) is 15.1 Å². The van der Waals surface area contributed by atoms with Crippen molar-refractivity contribution >= 4 is 11.7 Å². The highest BCUT2D eigenvalue weighted by molar-refractivity contribution is 5.81. The van der Waals surface area contributed by atoms with Crippen molar-refractivity contribution in [3.63, 3.8) is 0 Å². The van der Waals surface area contributed by atoms with Crippen LogP contribution in [0.3, 0.4) is 0 Å². The molecule has 1 aromatic rings. The van der Waals surface area contributed by atoms with E-state index >= 15 is 0 Å². The SMILES string of the molecule is CC1(C)[C@@H]2CN(C(=O)CNc3ccn[nH]3)C[C@@H]21. The highest BCUT2D eigenvalue weighted by atomic mass is 16.2. The van der Waals surface area contributed by atoms with E-state index in [1.807, 2.05) is 11.0 Å². The van der Waals surface area contributed by atoms with E-state index < -0.39 is 0 Å². The quantitative estimate of drug-likeness (QED) is 0.818. The molecule has 1 aliphatic carbocycles. The first-order valence-electron chi connectivity index (χ1n) is 6.10. The molecule has 2 fully saturated rings. The second kappa shape index (κ2) is 3.48. The molecule has 1 amide bonds. The van der Waals surface area contributed by atoms with Crippen molar-refractivity contribution in [2.45, 2.75) is 13.8 Å². The number of likely N-dealkylation sites (tertiary alicyclic amines) is 1. The maximum atomic E-state index is 11.9. The van der Waals surface area contributed by atoms with Crippen LogP contribution in [0.15, 0.2) is 12.3 Å². The van der Waals surface area contributed by atoms with Gasteiger partial charge >= 0.3 is 0 Å². The number of nitrogens with one attached hydrogen (secondary N) is 2. The van der Waals surface area contributed by atoms with Gasteiger partial charge in [-0.1, -0.05) is 13.8 Å². The number of hydrogen-bond acceptors (Lipinski definition) is 3. The molecule has 0 radical (unpaired) electrons. The van der Waals surface area contributed by atoms with Crippen LogP contribution in [0.5, 0.6) is 0 Å². The zero-order valence-corrected chi connectivity index (χ0v) is 10.2. The van der Waals surface area contributed by atoms with Crippen molar-refractivity contribution < 1.29 is 4.79 Å². The number of H-pyrrole nitrogens is 1. The molecule has 1 saturated heterocycles. The second-order valence-corrected chi connectivity index (χ2v) is 5.66. The van der Waals surface area contributed by atoms with Crippen LogP contribution < -0.4 is 5.32 Å². The van der Waals surface area contributed by atoms with Gasteiger partial charge in [-0.2, -0.15) is 5.10 Å². The van der Waals surface area contributed by atoms with Crippen molar-refractivity contribution in [2.24, 2.45) is 17.3 Å². The summed E-state index contributed by atoms with van der Waals surface area (Å²) in [6, 6.07) is 1.82. The highest BCUT2D eigenvalue weighted by Gasteiger charge is 2.62. The van der Waals surface area contributed by atoms with Gasteiger partial charge in [0.15, 0.2) is 0 Å². The molecule has 5 nitrogen and oxygen atoms in total. The molecule has 3 rings (SSSR count). The second-order valence-electron chi connectivity index (χ2n) is 5.66. The largest absolute Gasteiger partial charge is 0.361 e. The summed E-state index contributed by atoms with van der Waals surface area (Å²) >= 11 is 0. The van der Waals surface area contributed by atoms with Crippen LogP contribution in [0.2, 0.25) is 0 Å². The molecule has 17 heavy (non-hydrogen) atoms. The number of nitrogens with zero attached hydrogens (tertiary/aromatic N) is 2. The van der Waals surface area contributed by atoms with Gasteiger partial charge in [0.2, 0.25) is 5.91 Å². The minimum Gasteiger partial charge on any atom is -0.361 e. The number of aromatic amines is 1. The fourth-order valence-electron chi connectivity index (χ4n) is 2.97. The summed E-state index contributed by atoms with van der Waals surface area (Å²) < 4.78 is 0. The molecule has 5 heteroatoms. The molecule has 0 aromatic carbocycles. The van der Waals surface area contributed by atoms with Crippen molar-refractivity contribution in [3.05, 3.63) is 12.3 Å². The maximum Gasteiger partial charge on any atom is 0.241 e. The predicted molar refractivity (Wildman–Crippen MR) is 64.4 cm³/mol. The summed E-state index contributed by atoms with van der Waals surface area (Å²) in [5.41, 5.74) is 0.466. The van der Waals surface area contributed by atoms with Gasteiger partial charge in [0.1, 0.15) is 5.82 Å². The van der Waals surface area contributed by atoms with Crippen molar-refractivity contribution in [1.29, 1.82) is 0 Å². The summed E-state index contributed by atoms with van der Waals surface area (Å²) in [7, 11) is 0. The molecule has 0 spiro atoms. The van der Waals surface area contributed by atoms with E-state index in [0.29, 0.717) is 12.0 Å². The Hall–Kier alpha value is -1.52. The van der Waals surface area contributed by atoms with E-state index in [9.17, 15) is 4.79 Å². The highest BCUT2D eigenvalue weighted by Crippen LogP contribution is 2.61. The number of aromatic nitrogens is 2. The van der Waals surface area contributed by atoms with Crippen molar-refractivity contribution in [3.8, 4) is 0 Å². The van der Waals surface area contributed by atoms with Crippen LogP contribution >= 0.6 is 0 Å². The lowest BCUT2D eigenvalue weighted by Gasteiger charge is -2.22. The van der Waals surface area contributed by atoms with Crippen LogP contribution in [0, 0.1) is 17.3 Å². The maximum absolute atomic E-state index is 11.9. The third kappa shape index (κ3) is 1.69. The first-order valence-corrected chi connectivity index (χ1v) is 6.10. The average Bonchev–Trinajstić information content (AvgIpc) is 2.82. The fraction of sp³-hybridized carbons (Fsp3) is 0.667. The molecule has 2 aliphatic rings. The molecule has 1 saturated carbocycles. The number of anilines is 1. The number of carbonyl (C=O) groups is 1. The lowest BCUT2D eigenvalue weighted by atomic mass is 10.1. The van der Waals surface area contributed by atoms with Gasteiger partial charge in [0, 0.05) is 13.1 Å². The topological polar surface area (TPSA) is 61.0 Å². The number of rotatable bonds is 3. The first kappa shape index (κ1) is 10.6. The molecular formula is C12H18N4O. The summed E-state index contributed by atoms with van der Waals surface area (Å²) in [6.45, 7) is 6.81. The summed E-state index contributed by atoms with van der Waals surface area (Å²) in [4.78, 5) is 13.9. The van der Waals surface area contributed by atoms with E-state index in [2.05, 4.69) is 29.4 Å². The Morgan fingerprint density at radius 1 is 1.59 bits per heavy atom. The van der Waals surface area contributed by atoms with Crippen LogP contribution in [0.1, 0.15) is 13.8 Å². The van der Waals surface area contributed by atoms with Gasteiger partial charge in [-0.25, -0.2) is 0 Å². The van der Waals surface area contributed by atoms with E-state index in [1.54, 1.807) is 6.20 Å². The lowest BCUT2D eigenvalue weighted by molar-refractivity contribution is -0.129. The molecule has 2 N–H and O–H groups in total. The van der Waals surface area contributed by atoms with E-state index in [0.717, 1.165) is 30.7 Å². The van der Waals surface area contributed by atoms with Crippen molar-refractivity contribution in [2.75, 3.05) is 25.0 Å². The Bertz CT molecular complexity index is 412. The molecule has 0 unspecified atom stereocenters. The van der Waals surface area contributed by atoms with Gasteiger partial charge in [-0.15, -0.1) is 0 Å². The van der Waals surface area contributed by atoms with Gasteiger partial charge in [0.25, 0.3) is 0 Å². The van der Waals surface area contributed by atoms with Gasteiger partial charge in [0.05, 0.1) is 12.7 Å². The summed E-state index contributed by atoms with van der Waals surface area (Å²) in [6.07, 6.45) is 1.67.